The maximum absolute atomic E-state index is 5.37. The molecular weight excluding hydrogens is 218 g/mol. The highest BCUT2D eigenvalue weighted by atomic mass is 16.4. The third-order valence-corrected chi connectivity index (χ3v) is 2.46. The van der Waals surface area contributed by atoms with Crippen LogP contribution in [0.3, 0.4) is 0 Å². The van der Waals surface area contributed by atoms with E-state index in [2.05, 4.69) is 15.3 Å². The lowest BCUT2D eigenvalue weighted by molar-refractivity contribution is 0.479. The van der Waals surface area contributed by atoms with Gasteiger partial charge >= 0.3 is 0 Å². The molecular formula is C12H11N3O2. The van der Waals surface area contributed by atoms with Gasteiger partial charge in [0.15, 0.2) is 0 Å². The second-order valence-corrected chi connectivity index (χ2v) is 3.71. The van der Waals surface area contributed by atoms with Crippen molar-refractivity contribution < 1.29 is 8.83 Å². The van der Waals surface area contributed by atoms with Crippen molar-refractivity contribution in [3.05, 3.63) is 42.4 Å². The van der Waals surface area contributed by atoms with Gasteiger partial charge in [-0.2, -0.15) is 0 Å². The van der Waals surface area contributed by atoms with Crippen molar-refractivity contribution >= 4 is 16.8 Å². The summed E-state index contributed by atoms with van der Waals surface area (Å²) in [7, 11) is 0. The molecule has 3 aromatic heterocycles. The highest BCUT2D eigenvalue weighted by Gasteiger charge is 2.06. The first-order valence-electron chi connectivity index (χ1n) is 5.30. The highest BCUT2D eigenvalue weighted by Crippen LogP contribution is 2.22. The van der Waals surface area contributed by atoms with Crippen LogP contribution < -0.4 is 5.32 Å². The summed E-state index contributed by atoms with van der Waals surface area (Å²) in [6.45, 7) is 2.37. The van der Waals surface area contributed by atoms with Crippen molar-refractivity contribution in [1.82, 2.24) is 9.97 Å². The van der Waals surface area contributed by atoms with Gasteiger partial charge in [0.25, 0.3) is 0 Å². The van der Waals surface area contributed by atoms with Crippen LogP contribution in [0.5, 0.6) is 0 Å². The molecule has 17 heavy (non-hydrogen) atoms. The Balaban J connectivity index is 1.83. The van der Waals surface area contributed by atoms with Crippen LogP contribution >= 0.6 is 0 Å². The van der Waals surface area contributed by atoms with Crippen LogP contribution in [0.1, 0.15) is 11.7 Å². The lowest BCUT2D eigenvalue weighted by Crippen LogP contribution is -2.01. The number of nitrogens with zero attached hydrogens (tertiary/aromatic N) is 2. The number of aryl methyl sites for hydroxylation is 1. The molecule has 0 amide bonds. The largest absolute Gasteiger partial charge is 0.464 e. The monoisotopic (exact) mass is 229 g/mol. The van der Waals surface area contributed by atoms with E-state index in [0.717, 1.165) is 22.5 Å². The van der Waals surface area contributed by atoms with Crippen LogP contribution in [0.15, 0.2) is 39.6 Å². The van der Waals surface area contributed by atoms with Gasteiger partial charge in [-0.3, -0.25) is 0 Å². The Kier molecular flexibility index (Phi) is 2.29. The Morgan fingerprint density at radius 1 is 1.29 bits per heavy atom. The number of anilines is 1. The maximum atomic E-state index is 5.37. The summed E-state index contributed by atoms with van der Waals surface area (Å²) in [5.41, 5.74) is 0.811. The van der Waals surface area contributed by atoms with Gasteiger partial charge in [0.05, 0.1) is 24.4 Å². The van der Waals surface area contributed by atoms with Crippen molar-refractivity contribution in [3.8, 4) is 0 Å². The minimum Gasteiger partial charge on any atom is -0.464 e. The first kappa shape index (κ1) is 9.89. The third kappa shape index (κ3) is 1.87. The molecule has 0 aliphatic heterocycles. The molecule has 3 heterocycles. The van der Waals surface area contributed by atoms with E-state index < -0.39 is 0 Å². The second kappa shape index (κ2) is 3.93. The third-order valence-electron chi connectivity index (χ3n) is 2.46. The minimum absolute atomic E-state index is 0.505. The number of nitrogens with one attached hydrogen (secondary N) is 1. The lowest BCUT2D eigenvalue weighted by Gasteiger charge is -2.03. The number of oxazole rings is 1. The fourth-order valence-corrected chi connectivity index (χ4v) is 1.68. The molecule has 86 valence electrons. The summed E-state index contributed by atoms with van der Waals surface area (Å²) in [6.07, 6.45) is 5.05. The molecule has 3 aromatic rings. The van der Waals surface area contributed by atoms with Gasteiger partial charge in [-0.1, -0.05) is 0 Å². The normalized spacial score (nSPS) is 10.9. The molecule has 3 rings (SSSR count). The number of hydrogen-bond donors (Lipinski definition) is 1. The van der Waals surface area contributed by atoms with E-state index in [-0.39, 0.29) is 0 Å². The SMILES string of the molecule is Cc1cnc(CNc2nccc3occc23)o1. The Bertz CT molecular complexity index is 642. The molecule has 0 saturated heterocycles. The summed E-state index contributed by atoms with van der Waals surface area (Å²) in [5.74, 6) is 2.22. The van der Waals surface area contributed by atoms with Crippen molar-refractivity contribution in [2.24, 2.45) is 0 Å². The van der Waals surface area contributed by atoms with Gasteiger partial charge in [0.2, 0.25) is 5.89 Å². The Morgan fingerprint density at radius 3 is 3.06 bits per heavy atom. The van der Waals surface area contributed by atoms with E-state index in [1.807, 2.05) is 19.1 Å². The van der Waals surface area contributed by atoms with Crippen LogP contribution in [-0.4, -0.2) is 9.97 Å². The zero-order chi connectivity index (χ0) is 11.7. The molecule has 0 saturated carbocycles. The van der Waals surface area contributed by atoms with E-state index in [1.54, 1.807) is 18.7 Å². The van der Waals surface area contributed by atoms with Gasteiger partial charge < -0.3 is 14.2 Å². The first-order chi connectivity index (χ1) is 8.33. The molecule has 0 fully saturated rings. The van der Waals surface area contributed by atoms with E-state index >= 15 is 0 Å². The van der Waals surface area contributed by atoms with Gasteiger partial charge in [-0.25, -0.2) is 9.97 Å². The maximum Gasteiger partial charge on any atom is 0.213 e. The Hall–Kier alpha value is -2.30. The minimum atomic E-state index is 0.505. The zero-order valence-corrected chi connectivity index (χ0v) is 9.30. The van der Waals surface area contributed by atoms with Gasteiger partial charge in [0, 0.05) is 6.20 Å². The Morgan fingerprint density at radius 2 is 2.24 bits per heavy atom. The van der Waals surface area contributed by atoms with Crippen LogP contribution in [0.2, 0.25) is 0 Å². The topological polar surface area (TPSA) is 64.1 Å². The summed E-state index contributed by atoms with van der Waals surface area (Å²) in [6, 6.07) is 3.71. The van der Waals surface area contributed by atoms with Crippen molar-refractivity contribution in [2.45, 2.75) is 13.5 Å². The first-order valence-corrected chi connectivity index (χ1v) is 5.30. The highest BCUT2D eigenvalue weighted by molar-refractivity contribution is 5.87. The molecule has 5 heteroatoms. The predicted octanol–water partition coefficient (Wildman–Crippen LogP) is 2.74. The summed E-state index contributed by atoms with van der Waals surface area (Å²) >= 11 is 0. The van der Waals surface area contributed by atoms with Crippen molar-refractivity contribution in [3.63, 3.8) is 0 Å². The summed E-state index contributed by atoms with van der Waals surface area (Å²) in [5, 5.41) is 4.13. The number of rotatable bonds is 3. The smallest absolute Gasteiger partial charge is 0.213 e. The van der Waals surface area contributed by atoms with Crippen LogP contribution in [0.4, 0.5) is 5.82 Å². The van der Waals surface area contributed by atoms with Crippen LogP contribution in [0, 0.1) is 6.92 Å². The fraction of sp³-hybridized carbons (Fsp3) is 0.167. The van der Waals surface area contributed by atoms with E-state index in [9.17, 15) is 0 Å². The average Bonchev–Trinajstić information content (AvgIpc) is 2.94. The summed E-state index contributed by atoms with van der Waals surface area (Å²) in [4.78, 5) is 8.38. The number of furan rings is 1. The van der Waals surface area contributed by atoms with E-state index in [1.165, 1.54) is 0 Å². The predicted molar refractivity (Wildman–Crippen MR) is 62.6 cm³/mol. The summed E-state index contributed by atoms with van der Waals surface area (Å²) < 4.78 is 10.7. The van der Waals surface area contributed by atoms with Gasteiger partial charge in [-0.05, 0) is 19.1 Å². The second-order valence-electron chi connectivity index (χ2n) is 3.71. The van der Waals surface area contributed by atoms with Crippen LogP contribution in [-0.2, 0) is 6.54 Å². The zero-order valence-electron chi connectivity index (χ0n) is 9.30. The molecule has 0 unspecified atom stereocenters. The number of hydrogen-bond acceptors (Lipinski definition) is 5. The molecule has 1 N–H and O–H groups in total. The van der Waals surface area contributed by atoms with Gasteiger partial charge in [0.1, 0.15) is 17.2 Å². The number of pyridine rings is 1. The fourth-order valence-electron chi connectivity index (χ4n) is 1.68. The molecule has 0 atom stereocenters. The molecule has 0 spiro atoms. The quantitative estimate of drug-likeness (QED) is 0.748. The lowest BCUT2D eigenvalue weighted by atomic mass is 10.3. The molecule has 0 radical (unpaired) electrons. The molecule has 0 aromatic carbocycles. The van der Waals surface area contributed by atoms with Crippen molar-refractivity contribution in [1.29, 1.82) is 0 Å². The molecule has 0 aliphatic rings. The molecule has 0 bridgehead atoms. The number of fused-ring (bicyclic) bond motifs is 1. The van der Waals surface area contributed by atoms with E-state index in [4.69, 9.17) is 8.83 Å². The number of aromatic nitrogens is 2. The standard InChI is InChI=1S/C12H11N3O2/c1-8-6-14-11(17-8)7-15-12-9-3-5-16-10(9)2-4-13-12/h2-6H,7H2,1H3,(H,13,15). The van der Waals surface area contributed by atoms with Gasteiger partial charge in [-0.15, -0.1) is 0 Å². The molecule has 0 aliphatic carbocycles. The Labute approximate surface area is 97.5 Å². The molecule has 5 nitrogen and oxygen atoms in total. The average molecular weight is 229 g/mol. The van der Waals surface area contributed by atoms with Crippen molar-refractivity contribution in [2.75, 3.05) is 5.32 Å². The van der Waals surface area contributed by atoms with E-state index in [0.29, 0.717) is 12.4 Å². The van der Waals surface area contributed by atoms with Crippen LogP contribution in [0.25, 0.3) is 11.0 Å².